The molecule has 0 aliphatic heterocycles. The topological polar surface area (TPSA) is 7.12 Å². The van der Waals surface area contributed by atoms with E-state index in [9.17, 15) is 0 Å². The minimum atomic E-state index is 1.07. The number of hydrogen-bond donors (Lipinski definition) is 0. The third kappa shape index (κ3) is 4.94. The number of anilines is 1. The van der Waals surface area contributed by atoms with Crippen molar-refractivity contribution in [3.05, 3.63) is 59.9 Å². The smallest absolute Gasteiger partial charge is 0.169 e. The molecule has 110 valence electrons. The lowest BCUT2D eigenvalue weighted by atomic mass is 10.1. The Morgan fingerprint density at radius 3 is 2.05 bits per heavy atom. The maximum absolute atomic E-state index is 2.22. The zero-order valence-corrected chi connectivity index (χ0v) is 13.8. The van der Waals surface area contributed by atoms with E-state index in [1.54, 1.807) is 0 Å². The monoisotopic (exact) mass is 299 g/mol. The van der Waals surface area contributed by atoms with E-state index in [1.165, 1.54) is 16.8 Å². The average molecular weight is 299 g/mol. The van der Waals surface area contributed by atoms with E-state index in [1.807, 2.05) is 11.8 Å². The molecule has 0 amide bonds. The van der Waals surface area contributed by atoms with Gasteiger partial charge in [0.2, 0.25) is 0 Å². The van der Waals surface area contributed by atoms with Crippen LogP contribution in [-0.2, 0) is 6.54 Å². The van der Waals surface area contributed by atoms with Crippen molar-refractivity contribution in [2.24, 2.45) is 0 Å². The number of benzene rings is 1. The van der Waals surface area contributed by atoms with Gasteiger partial charge in [-0.3, -0.25) is 0 Å². The molecule has 0 spiro atoms. The summed E-state index contributed by atoms with van der Waals surface area (Å²) in [5, 5.41) is 0. The zero-order valence-electron chi connectivity index (χ0n) is 13.0. The zero-order chi connectivity index (χ0) is 15.1. The second kappa shape index (κ2) is 7.89. The molecule has 0 bridgehead atoms. The van der Waals surface area contributed by atoms with Crippen molar-refractivity contribution in [1.82, 2.24) is 0 Å². The summed E-state index contributed by atoms with van der Waals surface area (Å²) in [5.41, 5.74) is 3.67. The quantitative estimate of drug-likeness (QED) is 0.753. The molecule has 0 saturated carbocycles. The van der Waals surface area contributed by atoms with Crippen LogP contribution in [0.3, 0.4) is 0 Å². The summed E-state index contributed by atoms with van der Waals surface area (Å²) in [6, 6.07) is 12.9. The number of rotatable bonds is 6. The largest absolute Gasteiger partial charge is 0.378 e. The fourth-order valence-electron chi connectivity index (χ4n) is 2.00. The predicted octanol–water partition coefficient (Wildman–Crippen LogP) is 3.57. The first kappa shape index (κ1) is 15.6. The molecular weight excluding hydrogens is 276 g/mol. The molecule has 2 nitrogen and oxygen atoms in total. The summed E-state index contributed by atoms with van der Waals surface area (Å²) in [5.74, 6) is 1.15. The Labute approximate surface area is 132 Å². The lowest BCUT2D eigenvalue weighted by Crippen LogP contribution is -2.33. The molecular formula is C18H23N2S+. The van der Waals surface area contributed by atoms with Crippen molar-refractivity contribution in [3.63, 3.8) is 0 Å². The second-order valence-corrected chi connectivity index (χ2v) is 6.17. The highest BCUT2D eigenvalue weighted by Crippen LogP contribution is 2.14. The van der Waals surface area contributed by atoms with Crippen molar-refractivity contribution >= 4 is 29.6 Å². The highest BCUT2D eigenvalue weighted by atomic mass is 32.2. The van der Waals surface area contributed by atoms with Gasteiger partial charge in [-0.25, -0.2) is 4.57 Å². The van der Waals surface area contributed by atoms with Crippen LogP contribution in [0.4, 0.5) is 5.69 Å². The number of thioether (sulfide) groups is 1. The number of aromatic nitrogens is 1. The Balaban J connectivity index is 2.00. The van der Waals surface area contributed by atoms with Gasteiger partial charge in [0.25, 0.3) is 0 Å². The molecule has 1 heterocycles. The third-order valence-electron chi connectivity index (χ3n) is 3.35. The predicted molar refractivity (Wildman–Crippen MR) is 94.7 cm³/mol. The van der Waals surface area contributed by atoms with Crippen LogP contribution in [0.2, 0.25) is 0 Å². The van der Waals surface area contributed by atoms with Crippen LogP contribution < -0.4 is 9.47 Å². The molecule has 1 aromatic carbocycles. The van der Waals surface area contributed by atoms with Gasteiger partial charge in [0.15, 0.2) is 18.9 Å². The summed E-state index contributed by atoms with van der Waals surface area (Å²) in [6.45, 7) is 1.07. The van der Waals surface area contributed by atoms with Crippen LogP contribution in [-0.4, -0.2) is 26.1 Å². The first-order valence-corrected chi connectivity index (χ1v) is 8.52. The van der Waals surface area contributed by atoms with Crippen LogP contribution in [0.5, 0.6) is 0 Å². The normalized spacial score (nSPS) is 11.0. The van der Waals surface area contributed by atoms with Crippen LogP contribution in [0.1, 0.15) is 11.1 Å². The minimum Gasteiger partial charge on any atom is -0.378 e. The van der Waals surface area contributed by atoms with Crippen molar-refractivity contribution in [1.29, 1.82) is 0 Å². The van der Waals surface area contributed by atoms with Gasteiger partial charge in [-0.05, 0) is 29.5 Å². The van der Waals surface area contributed by atoms with E-state index in [-0.39, 0.29) is 0 Å². The number of hydrogen-bond acceptors (Lipinski definition) is 2. The first-order valence-electron chi connectivity index (χ1n) is 7.12. The molecule has 0 radical (unpaired) electrons. The summed E-state index contributed by atoms with van der Waals surface area (Å²) in [7, 11) is 4.11. The molecule has 3 heteroatoms. The van der Waals surface area contributed by atoms with Gasteiger partial charge in [0.1, 0.15) is 0 Å². The molecule has 0 saturated heterocycles. The Morgan fingerprint density at radius 2 is 1.52 bits per heavy atom. The summed E-state index contributed by atoms with van der Waals surface area (Å²) < 4.78 is 2.22. The average Bonchev–Trinajstić information content (AvgIpc) is 2.52. The lowest BCUT2D eigenvalue weighted by Gasteiger charge is -2.11. The first-order chi connectivity index (χ1) is 10.2. The molecule has 2 rings (SSSR count). The number of pyridine rings is 1. The van der Waals surface area contributed by atoms with Gasteiger partial charge in [0.05, 0.1) is 5.75 Å². The maximum Gasteiger partial charge on any atom is 0.169 e. The summed E-state index contributed by atoms with van der Waals surface area (Å²) >= 11 is 1.87. The molecule has 2 aromatic rings. The van der Waals surface area contributed by atoms with Gasteiger partial charge in [0, 0.05) is 31.9 Å². The van der Waals surface area contributed by atoms with Gasteiger partial charge in [-0.15, -0.1) is 0 Å². The molecule has 0 fully saturated rings. The third-order valence-corrected chi connectivity index (χ3v) is 3.94. The lowest BCUT2D eigenvalue weighted by molar-refractivity contribution is -0.692. The standard InChI is InChI=1S/C18H23N2S/c1-19(2)18-8-6-16(7-9-18)4-5-17-10-12-20(13-11-17)14-15-21-3/h4-13H,14-15H2,1-3H3/q+1. The molecule has 0 aliphatic carbocycles. The second-order valence-electron chi connectivity index (χ2n) is 5.18. The minimum absolute atomic E-state index is 1.07. The molecule has 21 heavy (non-hydrogen) atoms. The van der Waals surface area contributed by atoms with E-state index in [4.69, 9.17) is 0 Å². The Kier molecular flexibility index (Phi) is 5.88. The Bertz CT molecular complexity index is 571. The molecule has 0 N–H and O–H groups in total. The van der Waals surface area contributed by atoms with E-state index in [0.717, 1.165) is 12.3 Å². The fraction of sp³-hybridized carbons (Fsp3) is 0.278. The van der Waals surface area contributed by atoms with Crippen molar-refractivity contribution in [3.8, 4) is 0 Å². The molecule has 1 aromatic heterocycles. The highest BCUT2D eigenvalue weighted by Gasteiger charge is 1.98. The Hall–Kier alpha value is -1.74. The van der Waals surface area contributed by atoms with Gasteiger partial charge >= 0.3 is 0 Å². The van der Waals surface area contributed by atoms with Gasteiger partial charge in [-0.1, -0.05) is 24.3 Å². The van der Waals surface area contributed by atoms with Crippen molar-refractivity contribution in [2.75, 3.05) is 31.0 Å². The molecule has 0 unspecified atom stereocenters. The maximum atomic E-state index is 2.22. The SMILES string of the molecule is CSCC[n+]1ccc(/C=C/c2ccc(N(C)C)cc2)cc1. The Morgan fingerprint density at radius 1 is 0.952 bits per heavy atom. The van der Waals surface area contributed by atoms with E-state index in [0.29, 0.717) is 0 Å². The number of aryl methyl sites for hydroxylation is 1. The highest BCUT2D eigenvalue weighted by molar-refractivity contribution is 7.98. The summed E-state index contributed by atoms with van der Waals surface area (Å²) in [4.78, 5) is 2.11. The summed E-state index contributed by atoms with van der Waals surface area (Å²) in [6.07, 6.45) is 10.7. The van der Waals surface area contributed by atoms with E-state index < -0.39 is 0 Å². The van der Waals surface area contributed by atoms with Crippen LogP contribution in [0, 0.1) is 0 Å². The van der Waals surface area contributed by atoms with E-state index >= 15 is 0 Å². The van der Waals surface area contributed by atoms with Crippen molar-refractivity contribution in [2.45, 2.75) is 6.54 Å². The number of nitrogens with zero attached hydrogens (tertiary/aromatic N) is 2. The van der Waals surface area contributed by atoms with E-state index in [2.05, 4.69) is 90.8 Å². The van der Waals surface area contributed by atoms with Crippen LogP contribution in [0.15, 0.2) is 48.8 Å². The fourth-order valence-corrected chi connectivity index (χ4v) is 2.40. The molecule has 0 atom stereocenters. The van der Waals surface area contributed by atoms with Gasteiger partial charge in [-0.2, -0.15) is 11.8 Å². The van der Waals surface area contributed by atoms with Crippen LogP contribution >= 0.6 is 11.8 Å². The van der Waals surface area contributed by atoms with Crippen LogP contribution in [0.25, 0.3) is 12.2 Å². The van der Waals surface area contributed by atoms with Gasteiger partial charge < -0.3 is 4.90 Å². The molecule has 0 aliphatic rings. The van der Waals surface area contributed by atoms with Crippen molar-refractivity contribution < 1.29 is 4.57 Å².